The predicted molar refractivity (Wildman–Crippen MR) is 106 cm³/mol. The van der Waals surface area contributed by atoms with E-state index in [9.17, 15) is 23.7 Å². The number of benzene rings is 2. The summed E-state index contributed by atoms with van der Waals surface area (Å²) in [6, 6.07) is 11.9. The van der Waals surface area contributed by atoms with Crippen LogP contribution in [0.4, 0.5) is 14.5 Å². The first-order valence-electron chi connectivity index (χ1n) is 9.08. The predicted octanol–water partition coefficient (Wildman–Crippen LogP) is 3.36. The second kappa shape index (κ2) is 9.65. The molecule has 1 heterocycles. The van der Waals surface area contributed by atoms with Crippen LogP contribution in [0.3, 0.4) is 0 Å². The molecular formula is C20H18F2N4O5. The Morgan fingerprint density at radius 3 is 2.58 bits per heavy atom. The molecule has 0 aliphatic carbocycles. The van der Waals surface area contributed by atoms with Crippen molar-refractivity contribution < 1.29 is 28.0 Å². The summed E-state index contributed by atoms with van der Waals surface area (Å²) >= 11 is 0. The van der Waals surface area contributed by atoms with Gasteiger partial charge in [-0.2, -0.15) is 13.9 Å². The minimum Gasteiger partial charge on any atom is -0.493 e. The van der Waals surface area contributed by atoms with Gasteiger partial charge in [0.1, 0.15) is 0 Å². The Morgan fingerprint density at radius 1 is 1.19 bits per heavy atom. The van der Waals surface area contributed by atoms with E-state index in [0.29, 0.717) is 17.7 Å². The van der Waals surface area contributed by atoms with Gasteiger partial charge >= 0.3 is 6.61 Å². The van der Waals surface area contributed by atoms with Crippen LogP contribution in [-0.2, 0) is 6.42 Å². The van der Waals surface area contributed by atoms with E-state index in [-0.39, 0.29) is 29.4 Å². The summed E-state index contributed by atoms with van der Waals surface area (Å²) in [6.07, 6.45) is 1.94. The smallest absolute Gasteiger partial charge is 0.387 e. The monoisotopic (exact) mass is 432 g/mol. The fourth-order valence-electron chi connectivity index (χ4n) is 2.79. The summed E-state index contributed by atoms with van der Waals surface area (Å²) in [4.78, 5) is 22.5. The summed E-state index contributed by atoms with van der Waals surface area (Å²) < 4.78 is 35.9. The molecule has 0 radical (unpaired) electrons. The number of hydrogen-bond donors (Lipinski definition) is 1. The third kappa shape index (κ3) is 5.53. The molecule has 2 aromatic carbocycles. The fraction of sp³-hybridized carbons (Fsp3) is 0.200. The Hall–Kier alpha value is -4.02. The first kappa shape index (κ1) is 21.7. The number of ether oxygens (including phenoxy) is 2. The van der Waals surface area contributed by atoms with E-state index in [0.717, 1.165) is 0 Å². The van der Waals surface area contributed by atoms with Crippen molar-refractivity contribution in [2.75, 3.05) is 13.7 Å². The number of carbonyl (C=O) groups is 1. The number of aromatic nitrogens is 2. The van der Waals surface area contributed by atoms with Gasteiger partial charge in [-0.15, -0.1) is 0 Å². The van der Waals surface area contributed by atoms with Gasteiger partial charge in [0.05, 0.1) is 17.7 Å². The average molecular weight is 432 g/mol. The number of amides is 1. The first-order chi connectivity index (χ1) is 14.9. The van der Waals surface area contributed by atoms with Gasteiger partial charge in [-0.1, -0.05) is 6.07 Å². The number of alkyl halides is 2. The van der Waals surface area contributed by atoms with E-state index >= 15 is 0 Å². The highest BCUT2D eigenvalue weighted by Crippen LogP contribution is 2.29. The summed E-state index contributed by atoms with van der Waals surface area (Å²) in [5, 5.41) is 17.6. The lowest BCUT2D eigenvalue weighted by Gasteiger charge is -2.11. The second-order valence-corrected chi connectivity index (χ2v) is 6.29. The molecule has 1 N–H and O–H groups in total. The molecular weight excluding hydrogens is 414 g/mol. The molecule has 31 heavy (non-hydrogen) atoms. The summed E-state index contributed by atoms with van der Waals surface area (Å²) in [5.41, 5.74) is 1.35. The van der Waals surface area contributed by atoms with Crippen LogP contribution in [0.15, 0.2) is 54.7 Å². The molecule has 0 bridgehead atoms. The van der Waals surface area contributed by atoms with E-state index in [2.05, 4.69) is 15.2 Å². The Bertz CT molecular complexity index is 1070. The third-order valence-electron chi connectivity index (χ3n) is 4.29. The quantitative estimate of drug-likeness (QED) is 0.410. The normalized spacial score (nSPS) is 10.7. The average Bonchev–Trinajstić information content (AvgIpc) is 3.24. The third-order valence-corrected chi connectivity index (χ3v) is 4.29. The number of hydrogen-bond acceptors (Lipinski definition) is 6. The van der Waals surface area contributed by atoms with Crippen LogP contribution >= 0.6 is 0 Å². The van der Waals surface area contributed by atoms with E-state index in [4.69, 9.17) is 4.74 Å². The van der Waals surface area contributed by atoms with Crippen molar-refractivity contribution in [3.05, 3.63) is 76.1 Å². The molecule has 0 saturated carbocycles. The van der Waals surface area contributed by atoms with E-state index in [1.807, 2.05) is 0 Å². The molecule has 0 atom stereocenters. The molecule has 0 aliphatic rings. The SMILES string of the molecule is COc1ccc(CCNC(=O)c2ccn(-c3ccc([N+](=O)[O-])cc3)n2)cc1OC(F)F. The first-order valence-corrected chi connectivity index (χ1v) is 9.08. The van der Waals surface area contributed by atoms with E-state index in [1.165, 1.54) is 54.3 Å². The number of methoxy groups -OCH3 is 1. The second-order valence-electron chi connectivity index (χ2n) is 6.29. The molecule has 1 amide bonds. The minimum atomic E-state index is -2.98. The number of nitrogens with zero attached hydrogens (tertiary/aromatic N) is 3. The van der Waals surface area contributed by atoms with Crippen molar-refractivity contribution in [3.63, 3.8) is 0 Å². The van der Waals surface area contributed by atoms with Crippen LogP contribution in [0.5, 0.6) is 11.5 Å². The van der Waals surface area contributed by atoms with Gasteiger partial charge in [-0.05, 0) is 42.3 Å². The summed E-state index contributed by atoms with van der Waals surface area (Å²) in [5.74, 6) is -0.314. The Labute approximate surface area is 175 Å². The molecule has 0 saturated heterocycles. The topological polar surface area (TPSA) is 109 Å². The number of carbonyl (C=O) groups excluding carboxylic acids is 1. The van der Waals surface area contributed by atoms with Crippen molar-refractivity contribution >= 4 is 11.6 Å². The zero-order valence-electron chi connectivity index (χ0n) is 16.3. The maximum absolute atomic E-state index is 12.5. The maximum atomic E-state index is 12.5. The highest BCUT2D eigenvalue weighted by atomic mass is 19.3. The number of rotatable bonds is 9. The number of halogens is 2. The van der Waals surface area contributed by atoms with Crippen molar-refractivity contribution in [1.82, 2.24) is 15.1 Å². The van der Waals surface area contributed by atoms with Gasteiger partial charge in [-0.3, -0.25) is 14.9 Å². The molecule has 1 aromatic heterocycles. The van der Waals surface area contributed by atoms with Crippen LogP contribution in [0.2, 0.25) is 0 Å². The lowest BCUT2D eigenvalue weighted by Crippen LogP contribution is -2.26. The Morgan fingerprint density at radius 2 is 1.94 bits per heavy atom. The van der Waals surface area contributed by atoms with Crippen molar-refractivity contribution in [3.8, 4) is 17.2 Å². The van der Waals surface area contributed by atoms with Gasteiger partial charge in [0, 0.05) is 24.9 Å². The van der Waals surface area contributed by atoms with Crippen LogP contribution < -0.4 is 14.8 Å². The van der Waals surface area contributed by atoms with Crippen molar-refractivity contribution in [2.24, 2.45) is 0 Å². The minimum absolute atomic E-state index is 0.0467. The number of nitro benzene ring substituents is 1. The molecule has 11 heteroatoms. The highest BCUT2D eigenvalue weighted by molar-refractivity contribution is 5.92. The largest absolute Gasteiger partial charge is 0.493 e. The summed E-state index contributed by atoms with van der Waals surface area (Å²) in [6.45, 7) is -2.74. The van der Waals surface area contributed by atoms with Crippen LogP contribution in [0.1, 0.15) is 16.1 Å². The molecule has 0 unspecified atom stereocenters. The zero-order valence-corrected chi connectivity index (χ0v) is 16.3. The van der Waals surface area contributed by atoms with Gasteiger partial charge in [0.25, 0.3) is 11.6 Å². The summed E-state index contributed by atoms with van der Waals surface area (Å²) in [7, 11) is 1.35. The van der Waals surface area contributed by atoms with Crippen LogP contribution in [-0.4, -0.2) is 40.9 Å². The number of nitrogens with one attached hydrogen (secondary N) is 1. The Balaban J connectivity index is 1.59. The molecule has 162 valence electrons. The molecule has 0 aliphatic heterocycles. The lowest BCUT2D eigenvalue weighted by molar-refractivity contribution is -0.384. The maximum Gasteiger partial charge on any atom is 0.387 e. The highest BCUT2D eigenvalue weighted by Gasteiger charge is 2.13. The Kier molecular flexibility index (Phi) is 6.75. The zero-order chi connectivity index (χ0) is 22.4. The van der Waals surface area contributed by atoms with Crippen molar-refractivity contribution in [2.45, 2.75) is 13.0 Å². The van der Waals surface area contributed by atoms with Crippen LogP contribution in [0, 0.1) is 10.1 Å². The molecule has 3 aromatic rings. The fourth-order valence-corrected chi connectivity index (χ4v) is 2.79. The molecule has 9 nitrogen and oxygen atoms in total. The number of non-ortho nitro benzene ring substituents is 1. The van der Waals surface area contributed by atoms with Crippen LogP contribution in [0.25, 0.3) is 5.69 Å². The molecule has 3 rings (SSSR count). The van der Waals surface area contributed by atoms with Gasteiger partial charge < -0.3 is 14.8 Å². The van der Waals surface area contributed by atoms with E-state index in [1.54, 1.807) is 12.3 Å². The van der Waals surface area contributed by atoms with Crippen molar-refractivity contribution in [1.29, 1.82) is 0 Å². The lowest BCUT2D eigenvalue weighted by atomic mass is 10.1. The molecule has 0 fully saturated rings. The standard InChI is InChI=1S/C20H18F2N4O5/c1-30-17-7-2-13(12-18(17)31-20(21)22)8-10-23-19(27)16-9-11-25(24-16)14-3-5-15(6-4-14)26(28)29/h2-7,9,11-12,20H,8,10H2,1H3,(H,23,27). The van der Waals surface area contributed by atoms with Gasteiger partial charge in [0.2, 0.25) is 0 Å². The van der Waals surface area contributed by atoms with Gasteiger partial charge in [-0.25, -0.2) is 4.68 Å². The van der Waals surface area contributed by atoms with E-state index < -0.39 is 17.4 Å². The molecule has 0 spiro atoms. The van der Waals surface area contributed by atoms with Gasteiger partial charge in [0.15, 0.2) is 17.2 Å². The number of nitro groups is 1.